The SMILES string of the molecule is Cc1ccc(C(=O)O[C@H](C)C(=O)N2CC(=O)Nc3cc(C(F)(F)F)ccc32)c(O)c1. The van der Waals surface area contributed by atoms with Gasteiger partial charge in [-0.1, -0.05) is 6.07 Å². The zero-order chi connectivity index (χ0) is 22.2. The summed E-state index contributed by atoms with van der Waals surface area (Å²) in [5, 5.41) is 12.2. The molecule has 158 valence electrons. The van der Waals surface area contributed by atoms with Gasteiger partial charge in [0.25, 0.3) is 5.91 Å². The van der Waals surface area contributed by atoms with Crippen LogP contribution in [0.5, 0.6) is 5.75 Å². The van der Waals surface area contributed by atoms with Crippen molar-refractivity contribution in [2.24, 2.45) is 0 Å². The minimum atomic E-state index is -4.62. The van der Waals surface area contributed by atoms with Gasteiger partial charge in [-0.15, -0.1) is 0 Å². The summed E-state index contributed by atoms with van der Waals surface area (Å²) in [7, 11) is 0. The quantitative estimate of drug-likeness (QED) is 0.741. The lowest BCUT2D eigenvalue weighted by Gasteiger charge is -2.31. The molecule has 30 heavy (non-hydrogen) atoms. The predicted molar refractivity (Wildman–Crippen MR) is 100 cm³/mol. The van der Waals surface area contributed by atoms with Crippen LogP contribution in [-0.4, -0.2) is 35.5 Å². The summed E-state index contributed by atoms with van der Waals surface area (Å²) >= 11 is 0. The third-order valence-electron chi connectivity index (χ3n) is 4.46. The number of aryl methyl sites for hydroxylation is 1. The van der Waals surface area contributed by atoms with Crippen LogP contribution in [0, 0.1) is 6.92 Å². The molecular weight excluding hydrogens is 405 g/mol. The van der Waals surface area contributed by atoms with Crippen molar-refractivity contribution < 1.29 is 37.4 Å². The second kappa shape index (κ2) is 7.69. The Morgan fingerprint density at radius 1 is 1.20 bits per heavy atom. The molecule has 2 N–H and O–H groups in total. The van der Waals surface area contributed by atoms with Gasteiger partial charge in [-0.25, -0.2) is 4.79 Å². The number of phenols is 1. The first-order valence-corrected chi connectivity index (χ1v) is 8.80. The Morgan fingerprint density at radius 2 is 1.90 bits per heavy atom. The molecule has 0 radical (unpaired) electrons. The summed E-state index contributed by atoms with van der Waals surface area (Å²) in [6.45, 7) is 2.53. The molecule has 0 aromatic heterocycles. The molecule has 0 saturated heterocycles. The molecule has 2 amide bonds. The van der Waals surface area contributed by atoms with E-state index in [0.717, 1.165) is 23.1 Å². The van der Waals surface area contributed by atoms with Crippen molar-refractivity contribution in [1.82, 2.24) is 0 Å². The van der Waals surface area contributed by atoms with Gasteiger partial charge in [0.2, 0.25) is 5.91 Å². The molecule has 0 unspecified atom stereocenters. The molecule has 2 aromatic rings. The van der Waals surface area contributed by atoms with E-state index in [2.05, 4.69) is 5.32 Å². The van der Waals surface area contributed by atoms with E-state index in [1.54, 1.807) is 13.0 Å². The van der Waals surface area contributed by atoms with Gasteiger partial charge in [-0.3, -0.25) is 14.5 Å². The molecule has 0 bridgehead atoms. The maximum atomic E-state index is 12.9. The fourth-order valence-corrected chi connectivity index (χ4v) is 2.97. The summed E-state index contributed by atoms with van der Waals surface area (Å²) < 4.78 is 43.9. The molecule has 1 atom stereocenters. The Kier molecular flexibility index (Phi) is 5.43. The number of anilines is 2. The molecule has 0 saturated carbocycles. The highest BCUT2D eigenvalue weighted by molar-refractivity contribution is 6.11. The monoisotopic (exact) mass is 422 g/mol. The molecule has 3 rings (SSSR count). The van der Waals surface area contributed by atoms with E-state index in [0.29, 0.717) is 5.56 Å². The average molecular weight is 422 g/mol. The third-order valence-corrected chi connectivity index (χ3v) is 4.46. The van der Waals surface area contributed by atoms with Crippen LogP contribution in [-0.2, 0) is 20.5 Å². The molecule has 0 spiro atoms. The van der Waals surface area contributed by atoms with Crippen molar-refractivity contribution in [3.8, 4) is 5.75 Å². The molecule has 0 aliphatic carbocycles. The fraction of sp³-hybridized carbons (Fsp3) is 0.250. The first-order valence-electron chi connectivity index (χ1n) is 8.80. The number of esters is 1. The summed E-state index contributed by atoms with van der Waals surface area (Å²) in [5.41, 5.74) is -0.544. The number of rotatable bonds is 3. The van der Waals surface area contributed by atoms with Crippen molar-refractivity contribution in [2.75, 3.05) is 16.8 Å². The summed E-state index contributed by atoms with van der Waals surface area (Å²) in [4.78, 5) is 37.9. The predicted octanol–water partition coefficient (Wildman–Crippen LogP) is 3.25. The summed E-state index contributed by atoms with van der Waals surface area (Å²) in [6.07, 6.45) is -5.98. The van der Waals surface area contributed by atoms with E-state index < -0.39 is 42.2 Å². The second-order valence-corrected chi connectivity index (χ2v) is 6.77. The van der Waals surface area contributed by atoms with Gasteiger partial charge in [0, 0.05) is 0 Å². The van der Waals surface area contributed by atoms with Gasteiger partial charge in [0.15, 0.2) is 6.10 Å². The van der Waals surface area contributed by atoms with Crippen molar-refractivity contribution in [2.45, 2.75) is 26.1 Å². The number of alkyl halides is 3. The number of hydrogen-bond donors (Lipinski definition) is 2. The molecule has 2 aromatic carbocycles. The van der Waals surface area contributed by atoms with E-state index in [-0.39, 0.29) is 22.7 Å². The smallest absolute Gasteiger partial charge is 0.416 e. The van der Waals surface area contributed by atoms with Crippen LogP contribution in [0.15, 0.2) is 36.4 Å². The fourth-order valence-electron chi connectivity index (χ4n) is 2.97. The lowest BCUT2D eigenvalue weighted by Crippen LogP contribution is -2.47. The number of aromatic hydroxyl groups is 1. The number of carbonyl (C=O) groups is 3. The van der Waals surface area contributed by atoms with Gasteiger partial charge in [0.1, 0.15) is 17.9 Å². The number of fused-ring (bicyclic) bond motifs is 1. The lowest BCUT2D eigenvalue weighted by atomic mass is 10.1. The Bertz CT molecular complexity index is 1040. The van der Waals surface area contributed by atoms with Gasteiger partial charge in [-0.05, 0) is 49.7 Å². The normalized spacial score (nSPS) is 14.6. The number of ether oxygens (including phenoxy) is 1. The van der Waals surface area contributed by atoms with E-state index in [4.69, 9.17) is 4.74 Å². The van der Waals surface area contributed by atoms with E-state index in [9.17, 15) is 32.7 Å². The number of amides is 2. The number of benzene rings is 2. The first-order chi connectivity index (χ1) is 14.0. The van der Waals surface area contributed by atoms with E-state index >= 15 is 0 Å². The number of halogens is 3. The molecule has 1 heterocycles. The maximum Gasteiger partial charge on any atom is 0.416 e. The van der Waals surface area contributed by atoms with Crippen molar-refractivity contribution in [1.29, 1.82) is 0 Å². The lowest BCUT2D eigenvalue weighted by molar-refractivity contribution is -0.137. The second-order valence-electron chi connectivity index (χ2n) is 6.77. The highest BCUT2D eigenvalue weighted by atomic mass is 19.4. The van der Waals surface area contributed by atoms with Gasteiger partial charge < -0.3 is 15.2 Å². The van der Waals surface area contributed by atoms with Crippen molar-refractivity contribution in [3.05, 3.63) is 53.1 Å². The Hall–Kier alpha value is -3.56. The first kappa shape index (κ1) is 21.2. The Labute approximate surface area is 169 Å². The minimum absolute atomic E-state index is 0.0497. The highest BCUT2D eigenvalue weighted by Gasteiger charge is 2.35. The molecule has 10 heteroatoms. The highest BCUT2D eigenvalue weighted by Crippen LogP contribution is 2.37. The Morgan fingerprint density at radius 3 is 2.53 bits per heavy atom. The van der Waals surface area contributed by atoms with E-state index in [1.165, 1.54) is 19.1 Å². The largest absolute Gasteiger partial charge is 0.507 e. The Balaban J connectivity index is 1.83. The minimum Gasteiger partial charge on any atom is -0.507 e. The molecule has 1 aliphatic heterocycles. The summed E-state index contributed by atoms with van der Waals surface area (Å²) in [5.74, 6) is -2.76. The van der Waals surface area contributed by atoms with Crippen LogP contribution in [0.3, 0.4) is 0 Å². The molecule has 7 nitrogen and oxygen atoms in total. The zero-order valence-electron chi connectivity index (χ0n) is 15.9. The number of nitrogens with one attached hydrogen (secondary N) is 1. The molecule has 0 fully saturated rings. The zero-order valence-corrected chi connectivity index (χ0v) is 15.9. The topological polar surface area (TPSA) is 95.9 Å². The van der Waals surface area contributed by atoms with Crippen LogP contribution < -0.4 is 10.2 Å². The van der Waals surface area contributed by atoms with Crippen LogP contribution in [0.1, 0.15) is 28.4 Å². The number of carbonyl (C=O) groups excluding carboxylic acids is 3. The third kappa shape index (κ3) is 4.22. The van der Waals surface area contributed by atoms with Crippen LogP contribution >= 0.6 is 0 Å². The number of hydrogen-bond acceptors (Lipinski definition) is 5. The van der Waals surface area contributed by atoms with Gasteiger partial charge in [-0.2, -0.15) is 13.2 Å². The molecular formula is C20H17F3N2O5. The standard InChI is InChI=1S/C20H17F3N2O5/c1-10-3-5-13(16(26)7-10)19(29)30-11(2)18(28)25-9-17(27)24-14-8-12(20(21,22)23)4-6-15(14)25/h3-8,11,26H,9H2,1-2H3,(H,24,27)/t11-/m1/s1. The number of nitrogens with zero attached hydrogens (tertiary/aromatic N) is 1. The average Bonchev–Trinajstić information content (AvgIpc) is 2.65. The summed E-state index contributed by atoms with van der Waals surface area (Å²) in [6, 6.07) is 6.85. The van der Waals surface area contributed by atoms with Crippen molar-refractivity contribution in [3.63, 3.8) is 0 Å². The van der Waals surface area contributed by atoms with Gasteiger partial charge >= 0.3 is 12.1 Å². The van der Waals surface area contributed by atoms with Crippen LogP contribution in [0.25, 0.3) is 0 Å². The number of phenolic OH excluding ortho intramolecular Hbond substituents is 1. The van der Waals surface area contributed by atoms with Crippen LogP contribution in [0.2, 0.25) is 0 Å². The maximum absolute atomic E-state index is 12.9. The molecule has 1 aliphatic rings. The van der Waals surface area contributed by atoms with Crippen molar-refractivity contribution >= 4 is 29.2 Å². The van der Waals surface area contributed by atoms with Gasteiger partial charge in [0.05, 0.1) is 16.9 Å². The van der Waals surface area contributed by atoms with E-state index in [1.807, 2.05) is 0 Å². The van der Waals surface area contributed by atoms with Crippen LogP contribution in [0.4, 0.5) is 24.5 Å².